The Morgan fingerprint density at radius 1 is 1.24 bits per heavy atom. The maximum absolute atomic E-state index is 13.2. The lowest BCUT2D eigenvalue weighted by atomic mass is 10.1. The molecule has 0 amide bonds. The Balaban J connectivity index is 1.58. The number of nitrogens with zero attached hydrogens (tertiary/aromatic N) is 3. The molecule has 2 heterocycles. The molecule has 152 valence electrons. The summed E-state index contributed by atoms with van der Waals surface area (Å²) in [6.07, 6.45) is 5.76. The Kier molecular flexibility index (Phi) is 6.41. The molecule has 2 aromatic heterocycles. The van der Waals surface area contributed by atoms with E-state index in [-0.39, 0.29) is 28.7 Å². The minimum absolute atomic E-state index is 0.0350. The van der Waals surface area contributed by atoms with E-state index in [9.17, 15) is 17.6 Å². The highest BCUT2D eigenvalue weighted by Crippen LogP contribution is 2.19. The molecule has 0 saturated heterocycles. The zero-order valence-electron chi connectivity index (χ0n) is 15.5. The van der Waals surface area contributed by atoms with Crippen molar-refractivity contribution in [2.24, 2.45) is 7.05 Å². The smallest absolute Gasteiger partial charge is 0.240 e. The van der Waals surface area contributed by atoms with Gasteiger partial charge in [-0.3, -0.25) is 9.78 Å². The second-order valence-corrected chi connectivity index (χ2v) is 8.58. The molecule has 0 atom stereocenters. The molecule has 0 aliphatic heterocycles. The van der Waals surface area contributed by atoms with Crippen molar-refractivity contribution < 1.29 is 17.6 Å². The normalized spacial score (nSPS) is 11.6. The number of carbonyl (C=O) groups is 1. The number of Topliss-reactive ketones (excluding diaryl/α,β-unsaturated/α-hetero) is 1. The second-order valence-electron chi connectivity index (χ2n) is 6.41. The van der Waals surface area contributed by atoms with E-state index in [0.29, 0.717) is 17.7 Å². The minimum Gasteiger partial charge on any atom is -0.340 e. The molecule has 0 aliphatic rings. The van der Waals surface area contributed by atoms with Crippen molar-refractivity contribution in [3.05, 3.63) is 76.8 Å². The molecule has 0 aliphatic carbocycles. The third-order valence-electron chi connectivity index (χ3n) is 4.14. The number of benzene rings is 1. The quantitative estimate of drug-likeness (QED) is 0.548. The Morgan fingerprint density at radius 2 is 2.03 bits per heavy atom. The SMILES string of the molecule is Cn1cnc(CCC(=O)c2ccc(CNS(=O)(=O)c3ccc(F)c(Cl)c3)cn2)c1. The van der Waals surface area contributed by atoms with Gasteiger partial charge in [0.05, 0.1) is 21.9 Å². The van der Waals surface area contributed by atoms with Gasteiger partial charge in [-0.05, 0) is 36.2 Å². The monoisotopic (exact) mass is 436 g/mol. The van der Waals surface area contributed by atoms with Crippen LogP contribution in [0.1, 0.15) is 28.2 Å². The molecule has 0 bridgehead atoms. The van der Waals surface area contributed by atoms with Gasteiger partial charge in [0.15, 0.2) is 5.78 Å². The van der Waals surface area contributed by atoms with Crippen LogP contribution in [0.4, 0.5) is 4.39 Å². The molecule has 10 heteroatoms. The zero-order chi connectivity index (χ0) is 21.0. The number of hydrogen-bond donors (Lipinski definition) is 1. The van der Waals surface area contributed by atoms with E-state index >= 15 is 0 Å². The van der Waals surface area contributed by atoms with Gasteiger partial charge in [0.1, 0.15) is 11.5 Å². The summed E-state index contributed by atoms with van der Waals surface area (Å²) in [5, 5.41) is -0.275. The Labute approximate surface area is 172 Å². The maximum atomic E-state index is 13.2. The van der Waals surface area contributed by atoms with Crippen LogP contribution in [0.25, 0.3) is 0 Å². The predicted molar refractivity (Wildman–Crippen MR) is 106 cm³/mol. The molecule has 3 aromatic rings. The lowest BCUT2D eigenvalue weighted by Gasteiger charge is -2.08. The number of sulfonamides is 1. The Bertz CT molecular complexity index is 1130. The predicted octanol–water partition coefficient (Wildman–Crippen LogP) is 2.90. The number of halogens is 2. The summed E-state index contributed by atoms with van der Waals surface area (Å²) < 4.78 is 42.0. The van der Waals surface area contributed by atoms with Crippen LogP contribution >= 0.6 is 11.6 Å². The molecule has 3 rings (SSSR count). The average Bonchev–Trinajstić information content (AvgIpc) is 3.12. The highest BCUT2D eigenvalue weighted by molar-refractivity contribution is 7.89. The topological polar surface area (TPSA) is 94.0 Å². The number of aromatic nitrogens is 3. The maximum Gasteiger partial charge on any atom is 0.240 e. The van der Waals surface area contributed by atoms with E-state index in [2.05, 4.69) is 14.7 Å². The van der Waals surface area contributed by atoms with Gasteiger partial charge in [-0.1, -0.05) is 17.7 Å². The van der Waals surface area contributed by atoms with Crippen LogP contribution in [0.2, 0.25) is 5.02 Å². The largest absolute Gasteiger partial charge is 0.340 e. The van der Waals surface area contributed by atoms with Crippen LogP contribution < -0.4 is 4.72 Å². The number of rotatable bonds is 8. The van der Waals surface area contributed by atoms with Gasteiger partial charge in [-0.2, -0.15) is 0 Å². The first-order chi connectivity index (χ1) is 13.7. The number of aryl methyl sites for hydroxylation is 2. The number of hydrogen-bond acceptors (Lipinski definition) is 5. The van der Waals surface area contributed by atoms with Crippen molar-refractivity contribution in [2.75, 3.05) is 0 Å². The van der Waals surface area contributed by atoms with E-state index in [1.54, 1.807) is 18.5 Å². The van der Waals surface area contributed by atoms with E-state index in [0.717, 1.165) is 23.9 Å². The van der Waals surface area contributed by atoms with Crippen molar-refractivity contribution in [1.82, 2.24) is 19.3 Å². The van der Waals surface area contributed by atoms with Gasteiger partial charge < -0.3 is 4.57 Å². The molecule has 0 radical (unpaired) electrons. The van der Waals surface area contributed by atoms with Crippen LogP contribution in [0, 0.1) is 5.82 Å². The second kappa shape index (κ2) is 8.81. The lowest BCUT2D eigenvalue weighted by molar-refractivity contribution is 0.0977. The fourth-order valence-electron chi connectivity index (χ4n) is 2.57. The van der Waals surface area contributed by atoms with Gasteiger partial charge in [0.25, 0.3) is 0 Å². The molecular weight excluding hydrogens is 419 g/mol. The fraction of sp³-hybridized carbons (Fsp3) is 0.211. The van der Waals surface area contributed by atoms with Gasteiger partial charge in [0.2, 0.25) is 10.0 Å². The number of imidazole rings is 1. The summed E-state index contributed by atoms with van der Waals surface area (Å²) in [6, 6.07) is 6.34. The number of pyridine rings is 1. The molecule has 0 unspecified atom stereocenters. The van der Waals surface area contributed by atoms with Crippen molar-refractivity contribution >= 4 is 27.4 Å². The first-order valence-corrected chi connectivity index (χ1v) is 10.5. The first-order valence-electron chi connectivity index (χ1n) is 8.64. The summed E-state index contributed by atoms with van der Waals surface area (Å²) >= 11 is 5.64. The average molecular weight is 437 g/mol. The molecule has 7 nitrogen and oxygen atoms in total. The van der Waals surface area contributed by atoms with Crippen LogP contribution in [0.3, 0.4) is 0 Å². The third-order valence-corrected chi connectivity index (χ3v) is 5.83. The summed E-state index contributed by atoms with van der Waals surface area (Å²) in [4.78, 5) is 20.4. The molecular formula is C19H18ClFN4O3S. The van der Waals surface area contributed by atoms with Crippen LogP contribution in [-0.2, 0) is 30.0 Å². The lowest BCUT2D eigenvalue weighted by Crippen LogP contribution is -2.23. The molecule has 1 N–H and O–H groups in total. The molecule has 29 heavy (non-hydrogen) atoms. The minimum atomic E-state index is -3.87. The van der Waals surface area contributed by atoms with Gasteiger partial charge in [-0.15, -0.1) is 0 Å². The van der Waals surface area contributed by atoms with Crippen LogP contribution in [0.15, 0.2) is 53.9 Å². The van der Waals surface area contributed by atoms with Gasteiger partial charge >= 0.3 is 0 Å². The summed E-state index contributed by atoms with van der Waals surface area (Å²) in [5.74, 6) is -0.818. The Morgan fingerprint density at radius 3 is 2.66 bits per heavy atom. The highest BCUT2D eigenvalue weighted by Gasteiger charge is 2.16. The third kappa shape index (κ3) is 5.47. The summed E-state index contributed by atoms with van der Waals surface area (Å²) in [6.45, 7) is -0.0350. The van der Waals surface area contributed by atoms with Crippen LogP contribution in [0.5, 0.6) is 0 Å². The van der Waals surface area contributed by atoms with E-state index in [4.69, 9.17) is 11.6 Å². The standard InChI is InChI=1S/C19H18ClFN4O3S/c1-25-11-14(23-12-25)3-7-19(26)18-6-2-13(9-22-18)10-24-29(27,28)15-4-5-17(21)16(20)8-15/h2,4-6,8-9,11-12,24H,3,7,10H2,1H3. The van der Waals surface area contributed by atoms with Crippen LogP contribution in [-0.4, -0.2) is 28.7 Å². The van der Waals surface area contributed by atoms with Crippen molar-refractivity contribution in [3.8, 4) is 0 Å². The van der Waals surface area contributed by atoms with E-state index in [1.165, 1.54) is 6.20 Å². The van der Waals surface area contributed by atoms with E-state index < -0.39 is 15.8 Å². The molecule has 0 spiro atoms. The summed E-state index contributed by atoms with van der Waals surface area (Å²) in [7, 11) is -2.01. The molecule has 0 saturated carbocycles. The first kappa shape index (κ1) is 21.1. The fourth-order valence-corrected chi connectivity index (χ4v) is 3.85. The number of ketones is 1. The van der Waals surface area contributed by atoms with Crippen molar-refractivity contribution in [3.63, 3.8) is 0 Å². The highest BCUT2D eigenvalue weighted by atomic mass is 35.5. The van der Waals surface area contributed by atoms with Gasteiger partial charge in [-0.25, -0.2) is 22.5 Å². The zero-order valence-corrected chi connectivity index (χ0v) is 17.0. The molecule has 1 aromatic carbocycles. The van der Waals surface area contributed by atoms with Gasteiger partial charge in [0, 0.05) is 32.4 Å². The number of nitrogens with one attached hydrogen (secondary N) is 1. The molecule has 0 fully saturated rings. The number of carbonyl (C=O) groups excluding carboxylic acids is 1. The van der Waals surface area contributed by atoms with E-state index in [1.807, 2.05) is 17.8 Å². The Hall–Kier alpha value is -2.62. The summed E-state index contributed by atoms with van der Waals surface area (Å²) in [5.41, 5.74) is 1.70. The van der Waals surface area contributed by atoms with Crippen molar-refractivity contribution in [2.45, 2.75) is 24.3 Å². The van der Waals surface area contributed by atoms with Crippen molar-refractivity contribution in [1.29, 1.82) is 0 Å².